The molecule has 0 radical (unpaired) electrons. The number of hydrogen-bond donors (Lipinski definition) is 2. The summed E-state index contributed by atoms with van der Waals surface area (Å²) in [6, 6.07) is 1.80. The lowest BCUT2D eigenvalue weighted by Gasteiger charge is -2.27. The number of aromatic nitrogens is 1. The molecule has 5 nitrogen and oxygen atoms in total. The molecule has 2 rings (SSSR count). The van der Waals surface area contributed by atoms with Crippen LogP contribution >= 0.6 is 0 Å². The maximum Gasteiger partial charge on any atom is 0.242 e. The molecule has 1 aromatic heterocycles. The van der Waals surface area contributed by atoms with E-state index in [1.54, 1.807) is 12.3 Å². The van der Waals surface area contributed by atoms with Crippen LogP contribution in [0.3, 0.4) is 0 Å². The SMILES string of the molecule is CCn1cc(S(=O)(=O)NC2CCCC2(C)C)cc1CNC. The van der Waals surface area contributed by atoms with Gasteiger partial charge in [-0.3, -0.25) is 0 Å². The summed E-state index contributed by atoms with van der Waals surface area (Å²) in [5.41, 5.74) is 1.03. The monoisotopic (exact) mass is 313 g/mol. The highest BCUT2D eigenvalue weighted by Crippen LogP contribution is 2.38. The summed E-state index contributed by atoms with van der Waals surface area (Å²) in [6.45, 7) is 7.72. The van der Waals surface area contributed by atoms with E-state index in [0.717, 1.165) is 31.5 Å². The van der Waals surface area contributed by atoms with Crippen LogP contribution in [-0.4, -0.2) is 26.1 Å². The Hall–Kier alpha value is -0.850. The largest absolute Gasteiger partial charge is 0.349 e. The van der Waals surface area contributed by atoms with Crippen molar-refractivity contribution < 1.29 is 8.42 Å². The van der Waals surface area contributed by atoms with Crippen LogP contribution in [0.2, 0.25) is 0 Å². The van der Waals surface area contributed by atoms with Gasteiger partial charge >= 0.3 is 0 Å². The average molecular weight is 313 g/mol. The fourth-order valence-corrected chi connectivity index (χ4v) is 4.60. The van der Waals surface area contributed by atoms with E-state index in [2.05, 4.69) is 23.9 Å². The molecule has 1 aliphatic rings. The van der Waals surface area contributed by atoms with E-state index >= 15 is 0 Å². The Labute approximate surface area is 128 Å². The van der Waals surface area contributed by atoms with Gasteiger partial charge in [0.25, 0.3) is 0 Å². The van der Waals surface area contributed by atoms with E-state index in [1.165, 1.54) is 0 Å². The lowest BCUT2D eigenvalue weighted by molar-refractivity contribution is 0.313. The zero-order valence-corrected chi connectivity index (χ0v) is 14.3. The first kappa shape index (κ1) is 16.5. The van der Waals surface area contributed by atoms with Crippen molar-refractivity contribution in [1.29, 1.82) is 0 Å². The molecule has 0 spiro atoms. The van der Waals surface area contributed by atoms with Crippen LogP contribution in [0.15, 0.2) is 17.2 Å². The molecule has 6 heteroatoms. The Morgan fingerprint density at radius 3 is 2.67 bits per heavy atom. The molecule has 0 amide bonds. The zero-order chi connectivity index (χ0) is 15.7. The van der Waals surface area contributed by atoms with E-state index in [-0.39, 0.29) is 11.5 Å². The molecular formula is C15H27N3O2S. The minimum atomic E-state index is -3.44. The fourth-order valence-electron chi connectivity index (χ4n) is 3.10. The summed E-state index contributed by atoms with van der Waals surface area (Å²) in [4.78, 5) is 0.372. The van der Waals surface area contributed by atoms with Gasteiger partial charge in [-0.05, 0) is 38.3 Å². The number of hydrogen-bond acceptors (Lipinski definition) is 3. The molecule has 0 aliphatic heterocycles. The number of rotatable bonds is 6. The molecular weight excluding hydrogens is 286 g/mol. The Morgan fingerprint density at radius 2 is 2.14 bits per heavy atom. The molecule has 1 fully saturated rings. The number of aryl methyl sites for hydroxylation is 1. The van der Waals surface area contributed by atoms with Crippen LogP contribution in [0.25, 0.3) is 0 Å². The second-order valence-electron chi connectivity index (χ2n) is 6.54. The van der Waals surface area contributed by atoms with Gasteiger partial charge in [0.2, 0.25) is 10.0 Å². The average Bonchev–Trinajstić information content (AvgIpc) is 2.94. The molecule has 1 atom stereocenters. The van der Waals surface area contributed by atoms with Crippen molar-refractivity contribution in [3.05, 3.63) is 18.0 Å². The van der Waals surface area contributed by atoms with Gasteiger partial charge in [-0.25, -0.2) is 13.1 Å². The standard InChI is InChI=1S/C15H27N3O2S/c1-5-18-11-13(9-12(18)10-16-4)21(19,20)17-14-7-6-8-15(14,2)3/h9,11,14,16-17H,5-8,10H2,1-4H3. The third-order valence-electron chi connectivity index (χ3n) is 4.52. The molecule has 0 saturated heterocycles. The maximum absolute atomic E-state index is 12.6. The van der Waals surface area contributed by atoms with Gasteiger partial charge in [0.05, 0.1) is 4.90 Å². The van der Waals surface area contributed by atoms with E-state index in [9.17, 15) is 8.42 Å². The highest BCUT2D eigenvalue weighted by Gasteiger charge is 2.37. The molecule has 2 N–H and O–H groups in total. The minimum absolute atomic E-state index is 0.0280. The number of nitrogens with one attached hydrogen (secondary N) is 2. The van der Waals surface area contributed by atoms with Crippen LogP contribution in [0.1, 0.15) is 45.7 Å². The summed E-state index contributed by atoms with van der Waals surface area (Å²) >= 11 is 0. The van der Waals surface area contributed by atoms with Gasteiger partial charge in [-0.1, -0.05) is 20.3 Å². The highest BCUT2D eigenvalue weighted by atomic mass is 32.2. The first-order valence-corrected chi connectivity index (χ1v) is 9.14. The summed E-state index contributed by atoms with van der Waals surface area (Å²) in [6.07, 6.45) is 4.81. The topological polar surface area (TPSA) is 63.1 Å². The molecule has 1 heterocycles. The maximum atomic E-state index is 12.6. The first-order valence-electron chi connectivity index (χ1n) is 7.66. The summed E-state index contributed by atoms with van der Waals surface area (Å²) in [5.74, 6) is 0. The lowest BCUT2D eigenvalue weighted by atomic mass is 9.88. The van der Waals surface area contributed by atoms with Gasteiger partial charge in [0.1, 0.15) is 0 Å². The zero-order valence-electron chi connectivity index (χ0n) is 13.4. The summed E-state index contributed by atoms with van der Waals surface area (Å²) in [5, 5.41) is 3.07. The molecule has 1 saturated carbocycles. The Balaban J connectivity index is 2.23. The molecule has 1 unspecified atom stereocenters. The predicted octanol–water partition coefficient (Wildman–Crippen LogP) is 2.08. The van der Waals surface area contributed by atoms with Crippen molar-refractivity contribution in [2.75, 3.05) is 7.05 Å². The van der Waals surface area contributed by atoms with Crippen molar-refractivity contribution in [3.8, 4) is 0 Å². The normalized spacial score (nSPS) is 21.8. The Morgan fingerprint density at radius 1 is 1.43 bits per heavy atom. The van der Waals surface area contributed by atoms with Gasteiger partial charge < -0.3 is 9.88 Å². The second kappa shape index (κ2) is 6.10. The highest BCUT2D eigenvalue weighted by molar-refractivity contribution is 7.89. The third kappa shape index (κ3) is 3.49. The smallest absolute Gasteiger partial charge is 0.242 e. The molecule has 1 aliphatic carbocycles. The van der Waals surface area contributed by atoms with Crippen LogP contribution in [0, 0.1) is 5.41 Å². The lowest BCUT2D eigenvalue weighted by Crippen LogP contribution is -2.41. The quantitative estimate of drug-likeness (QED) is 0.845. The van der Waals surface area contributed by atoms with Gasteiger partial charge in [-0.2, -0.15) is 0 Å². The first-order chi connectivity index (χ1) is 9.80. The Bertz CT molecular complexity index is 590. The van der Waals surface area contributed by atoms with E-state index in [0.29, 0.717) is 11.4 Å². The predicted molar refractivity (Wildman–Crippen MR) is 84.6 cm³/mol. The van der Waals surface area contributed by atoms with Crippen LogP contribution in [0.4, 0.5) is 0 Å². The Kier molecular flexibility index (Phi) is 4.80. The number of sulfonamides is 1. The van der Waals surface area contributed by atoms with E-state index in [1.807, 2.05) is 18.5 Å². The van der Waals surface area contributed by atoms with Crippen molar-refractivity contribution in [2.24, 2.45) is 5.41 Å². The second-order valence-corrected chi connectivity index (χ2v) is 8.25. The van der Waals surface area contributed by atoms with Gasteiger partial charge in [0.15, 0.2) is 0 Å². The molecule has 0 aromatic carbocycles. The molecule has 1 aromatic rings. The van der Waals surface area contributed by atoms with Crippen LogP contribution in [-0.2, 0) is 23.1 Å². The number of nitrogens with zero attached hydrogens (tertiary/aromatic N) is 1. The van der Waals surface area contributed by atoms with E-state index < -0.39 is 10.0 Å². The third-order valence-corrected chi connectivity index (χ3v) is 5.96. The van der Waals surface area contributed by atoms with Gasteiger partial charge in [-0.15, -0.1) is 0 Å². The fraction of sp³-hybridized carbons (Fsp3) is 0.733. The molecule has 0 bridgehead atoms. The molecule has 120 valence electrons. The van der Waals surface area contributed by atoms with Gasteiger partial charge in [0, 0.05) is 31.0 Å². The van der Waals surface area contributed by atoms with Crippen LogP contribution < -0.4 is 10.0 Å². The van der Waals surface area contributed by atoms with Crippen molar-refractivity contribution in [1.82, 2.24) is 14.6 Å². The van der Waals surface area contributed by atoms with Crippen molar-refractivity contribution in [3.63, 3.8) is 0 Å². The van der Waals surface area contributed by atoms with Crippen LogP contribution in [0.5, 0.6) is 0 Å². The summed E-state index contributed by atoms with van der Waals surface area (Å²) < 4.78 is 30.1. The van der Waals surface area contributed by atoms with Crippen molar-refractivity contribution in [2.45, 2.75) is 64.1 Å². The minimum Gasteiger partial charge on any atom is -0.349 e. The summed E-state index contributed by atoms with van der Waals surface area (Å²) in [7, 11) is -1.58. The van der Waals surface area contributed by atoms with E-state index in [4.69, 9.17) is 0 Å². The van der Waals surface area contributed by atoms with Crippen molar-refractivity contribution >= 4 is 10.0 Å². The molecule has 21 heavy (non-hydrogen) atoms.